The number of benzene rings is 1. The van der Waals surface area contributed by atoms with Crippen molar-refractivity contribution in [1.82, 2.24) is 10.4 Å². The molecule has 1 aromatic rings. The van der Waals surface area contributed by atoms with Gasteiger partial charge in [0.15, 0.2) is 6.10 Å². The highest BCUT2D eigenvalue weighted by molar-refractivity contribution is 6.09. The molecule has 6 nitrogen and oxygen atoms in total. The van der Waals surface area contributed by atoms with E-state index in [1.807, 2.05) is 44.2 Å². The van der Waals surface area contributed by atoms with Gasteiger partial charge in [0.1, 0.15) is 0 Å². The molecular formula is C16H19N3O3. The normalized spacial score (nSPS) is 29.9. The first-order valence-corrected chi connectivity index (χ1v) is 7.32. The van der Waals surface area contributed by atoms with E-state index >= 15 is 0 Å². The highest BCUT2D eigenvalue weighted by Crippen LogP contribution is 2.30. The van der Waals surface area contributed by atoms with E-state index < -0.39 is 12.0 Å². The molecule has 0 aliphatic carbocycles. The van der Waals surface area contributed by atoms with Crippen LogP contribution >= 0.6 is 0 Å². The third-order valence-electron chi connectivity index (χ3n) is 4.33. The SMILES string of the molecule is CC(=N[C@@H](C)c1ccccc1)[C@@H]1NO[C@@H]2C(=O)N(C)C(=O)[C@@H]21. The molecule has 1 aromatic carbocycles. The van der Waals surface area contributed by atoms with Gasteiger partial charge in [0.25, 0.3) is 5.91 Å². The summed E-state index contributed by atoms with van der Waals surface area (Å²) in [6.07, 6.45) is -0.736. The molecule has 2 heterocycles. The molecule has 22 heavy (non-hydrogen) atoms. The van der Waals surface area contributed by atoms with Crippen LogP contribution in [0.5, 0.6) is 0 Å². The van der Waals surface area contributed by atoms with Gasteiger partial charge >= 0.3 is 0 Å². The maximum atomic E-state index is 12.2. The van der Waals surface area contributed by atoms with Crippen LogP contribution in [0.1, 0.15) is 25.5 Å². The summed E-state index contributed by atoms with van der Waals surface area (Å²) in [7, 11) is 1.49. The van der Waals surface area contributed by atoms with Crippen molar-refractivity contribution in [3.63, 3.8) is 0 Å². The van der Waals surface area contributed by atoms with Gasteiger partial charge in [-0.25, -0.2) is 0 Å². The van der Waals surface area contributed by atoms with E-state index in [4.69, 9.17) is 4.84 Å². The summed E-state index contributed by atoms with van der Waals surface area (Å²) < 4.78 is 0. The Hall–Kier alpha value is -2.05. The average Bonchev–Trinajstić information content (AvgIpc) is 3.05. The van der Waals surface area contributed by atoms with Crippen molar-refractivity contribution in [3.05, 3.63) is 35.9 Å². The molecule has 6 heteroatoms. The fourth-order valence-electron chi connectivity index (χ4n) is 3.00. The van der Waals surface area contributed by atoms with Gasteiger partial charge in [-0.3, -0.25) is 24.3 Å². The van der Waals surface area contributed by atoms with Gasteiger partial charge in [0.05, 0.1) is 18.0 Å². The maximum absolute atomic E-state index is 12.2. The number of rotatable bonds is 3. The van der Waals surface area contributed by atoms with Crippen LogP contribution in [0.4, 0.5) is 0 Å². The summed E-state index contributed by atoms with van der Waals surface area (Å²) in [5.41, 5.74) is 4.66. The van der Waals surface area contributed by atoms with Crippen LogP contribution < -0.4 is 5.48 Å². The van der Waals surface area contributed by atoms with Crippen molar-refractivity contribution >= 4 is 17.5 Å². The smallest absolute Gasteiger partial charge is 0.261 e. The quantitative estimate of drug-likeness (QED) is 0.670. The summed E-state index contributed by atoms with van der Waals surface area (Å²) >= 11 is 0. The zero-order valence-electron chi connectivity index (χ0n) is 12.8. The van der Waals surface area contributed by atoms with Gasteiger partial charge in [-0.15, -0.1) is 0 Å². The lowest BCUT2D eigenvalue weighted by Crippen LogP contribution is -2.40. The van der Waals surface area contributed by atoms with Gasteiger partial charge in [-0.05, 0) is 19.4 Å². The van der Waals surface area contributed by atoms with Crippen LogP contribution in [0.2, 0.25) is 0 Å². The molecule has 1 N–H and O–H groups in total. The maximum Gasteiger partial charge on any atom is 0.261 e. The Bertz CT molecular complexity index is 629. The summed E-state index contributed by atoms with van der Waals surface area (Å²) in [5.74, 6) is -1.04. The van der Waals surface area contributed by atoms with E-state index in [-0.39, 0.29) is 23.9 Å². The van der Waals surface area contributed by atoms with Crippen LogP contribution in [0.25, 0.3) is 0 Å². The predicted octanol–water partition coefficient (Wildman–Crippen LogP) is 1.10. The van der Waals surface area contributed by atoms with Crippen LogP contribution in [-0.4, -0.2) is 41.6 Å². The second kappa shape index (κ2) is 5.62. The molecule has 2 amide bonds. The largest absolute Gasteiger partial charge is 0.287 e. The standard InChI is InChI=1S/C16H19N3O3/c1-9(11-7-5-4-6-8-11)17-10(2)13-12-14(22-18-13)16(21)19(3)15(12)20/h4-9,12-14,18H,1-3H3/t9-,12+,13-,14-/m0/s1. The first kappa shape index (κ1) is 14.9. The molecule has 2 fully saturated rings. The van der Waals surface area contributed by atoms with Crippen LogP contribution in [-0.2, 0) is 14.4 Å². The third kappa shape index (κ3) is 2.34. The number of nitrogens with zero attached hydrogens (tertiary/aromatic N) is 2. The lowest BCUT2D eigenvalue weighted by atomic mass is 9.94. The molecule has 0 unspecified atom stereocenters. The fourth-order valence-corrected chi connectivity index (χ4v) is 3.00. The summed E-state index contributed by atoms with van der Waals surface area (Å²) in [4.78, 5) is 35.2. The zero-order chi connectivity index (χ0) is 15.9. The number of nitrogens with one attached hydrogen (secondary N) is 1. The molecule has 3 rings (SSSR count). The molecule has 0 bridgehead atoms. The molecule has 0 aromatic heterocycles. The van der Waals surface area contributed by atoms with Crippen molar-refractivity contribution < 1.29 is 14.4 Å². The van der Waals surface area contributed by atoms with Crippen molar-refractivity contribution in [2.75, 3.05) is 7.05 Å². The number of fused-ring (bicyclic) bond motifs is 1. The van der Waals surface area contributed by atoms with Crippen LogP contribution in [0.15, 0.2) is 35.3 Å². The summed E-state index contributed by atoms with van der Waals surface area (Å²) in [5, 5.41) is 0. The Kier molecular flexibility index (Phi) is 3.80. The molecule has 4 atom stereocenters. The highest BCUT2D eigenvalue weighted by Gasteiger charge is 2.55. The van der Waals surface area contributed by atoms with Gasteiger partial charge in [0, 0.05) is 12.8 Å². The predicted molar refractivity (Wildman–Crippen MR) is 81.0 cm³/mol. The topological polar surface area (TPSA) is 71.0 Å². The second-order valence-electron chi connectivity index (χ2n) is 5.75. The second-order valence-corrected chi connectivity index (χ2v) is 5.75. The van der Waals surface area contributed by atoms with E-state index in [9.17, 15) is 9.59 Å². The van der Waals surface area contributed by atoms with E-state index in [1.165, 1.54) is 7.05 Å². The van der Waals surface area contributed by atoms with E-state index in [2.05, 4.69) is 10.5 Å². The Balaban J connectivity index is 1.81. The van der Waals surface area contributed by atoms with Gasteiger partial charge in [-0.2, -0.15) is 5.48 Å². The summed E-state index contributed by atoms with van der Waals surface area (Å²) in [6, 6.07) is 9.55. The molecule has 2 aliphatic heterocycles. The van der Waals surface area contributed by atoms with E-state index in [0.717, 1.165) is 16.2 Å². The van der Waals surface area contributed by atoms with Crippen LogP contribution in [0.3, 0.4) is 0 Å². The Morgan fingerprint density at radius 3 is 2.64 bits per heavy atom. The Morgan fingerprint density at radius 1 is 1.27 bits per heavy atom. The molecule has 0 saturated carbocycles. The average molecular weight is 301 g/mol. The molecule has 2 aliphatic rings. The number of carbonyl (C=O) groups excluding carboxylic acids is 2. The van der Waals surface area contributed by atoms with Gasteiger partial charge in [-0.1, -0.05) is 30.3 Å². The number of likely N-dealkylation sites (N-methyl/N-ethyl adjacent to an activating group) is 1. The number of hydrogen-bond donors (Lipinski definition) is 1. The molecule has 116 valence electrons. The molecule has 2 saturated heterocycles. The highest BCUT2D eigenvalue weighted by atomic mass is 16.7. The number of amides is 2. The number of carbonyl (C=O) groups is 2. The lowest BCUT2D eigenvalue weighted by Gasteiger charge is -2.17. The van der Waals surface area contributed by atoms with E-state index in [0.29, 0.717) is 0 Å². The minimum absolute atomic E-state index is 0.0213. The molecule has 0 radical (unpaired) electrons. The number of aliphatic imine (C=N–C) groups is 1. The number of likely N-dealkylation sites (tertiary alicyclic amines) is 1. The lowest BCUT2D eigenvalue weighted by molar-refractivity contribution is -0.142. The van der Waals surface area contributed by atoms with Gasteiger partial charge in [0.2, 0.25) is 5.91 Å². The number of imide groups is 1. The number of hydrogen-bond acceptors (Lipinski definition) is 5. The van der Waals surface area contributed by atoms with E-state index in [1.54, 1.807) is 0 Å². The third-order valence-corrected chi connectivity index (χ3v) is 4.33. The zero-order valence-corrected chi connectivity index (χ0v) is 12.8. The first-order valence-electron chi connectivity index (χ1n) is 7.32. The summed E-state index contributed by atoms with van der Waals surface area (Å²) in [6.45, 7) is 3.86. The number of hydroxylamine groups is 1. The van der Waals surface area contributed by atoms with Gasteiger partial charge < -0.3 is 0 Å². The Labute approximate surface area is 129 Å². The minimum Gasteiger partial charge on any atom is -0.287 e. The minimum atomic E-state index is -0.736. The van der Waals surface area contributed by atoms with Crippen molar-refractivity contribution in [3.8, 4) is 0 Å². The fraction of sp³-hybridized carbons (Fsp3) is 0.438. The van der Waals surface area contributed by atoms with Crippen molar-refractivity contribution in [2.24, 2.45) is 10.9 Å². The Morgan fingerprint density at radius 2 is 1.95 bits per heavy atom. The molecular weight excluding hydrogens is 282 g/mol. The molecule has 0 spiro atoms. The van der Waals surface area contributed by atoms with Crippen molar-refractivity contribution in [1.29, 1.82) is 0 Å². The first-order chi connectivity index (χ1) is 10.5. The monoisotopic (exact) mass is 301 g/mol. The van der Waals surface area contributed by atoms with Crippen molar-refractivity contribution in [2.45, 2.75) is 32.0 Å². The van der Waals surface area contributed by atoms with Crippen LogP contribution in [0, 0.1) is 5.92 Å².